The first-order chi connectivity index (χ1) is 6.79. The molecular weight excluding hydrogens is 178 g/mol. The molecule has 1 aliphatic rings. The molecule has 0 bridgehead atoms. The van der Waals surface area contributed by atoms with Crippen LogP contribution in [0.4, 0.5) is 4.79 Å². The molecular formula is C10H21N3O. The molecule has 0 aromatic carbocycles. The lowest BCUT2D eigenvalue weighted by atomic mass is 10.2. The zero-order valence-corrected chi connectivity index (χ0v) is 9.18. The summed E-state index contributed by atoms with van der Waals surface area (Å²) in [7, 11) is 0. The van der Waals surface area contributed by atoms with Crippen LogP contribution in [0.15, 0.2) is 0 Å². The summed E-state index contributed by atoms with van der Waals surface area (Å²) in [6.45, 7) is 7.60. The van der Waals surface area contributed by atoms with Gasteiger partial charge in [-0.05, 0) is 26.3 Å². The van der Waals surface area contributed by atoms with E-state index in [1.54, 1.807) is 0 Å². The molecule has 2 amide bonds. The van der Waals surface area contributed by atoms with E-state index in [4.69, 9.17) is 0 Å². The number of carbonyl (C=O) groups is 1. The minimum Gasteiger partial charge on any atom is -0.338 e. The summed E-state index contributed by atoms with van der Waals surface area (Å²) in [5.74, 6) is 0. The molecule has 0 aromatic rings. The van der Waals surface area contributed by atoms with Crippen LogP contribution in [0.3, 0.4) is 0 Å². The van der Waals surface area contributed by atoms with E-state index in [1.165, 1.54) is 0 Å². The van der Waals surface area contributed by atoms with Gasteiger partial charge in [-0.15, -0.1) is 0 Å². The monoisotopic (exact) mass is 199 g/mol. The van der Waals surface area contributed by atoms with E-state index in [2.05, 4.69) is 17.6 Å². The van der Waals surface area contributed by atoms with Crippen molar-refractivity contribution in [3.8, 4) is 0 Å². The predicted octanol–water partition coefficient (Wildman–Crippen LogP) is 0.790. The Labute approximate surface area is 86.0 Å². The third-order valence-corrected chi connectivity index (χ3v) is 2.53. The Morgan fingerprint density at radius 1 is 1.57 bits per heavy atom. The Hall–Kier alpha value is -0.770. The summed E-state index contributed by atoms with van der Waals surface area (Å²) < 4.78 is 0. The summed E-state index contributed by atoms with van der Waals surface area (Å²) in [5.41, 5.74) is 0. The van der Waals surface area contributed by atoms with Gasteiger partial charge in [-0.1, -0.05) is 6.92 Å². The first kappa shape index (κ1) is 11.3. The molecule has 1 heterocycles. The zero-order chi connectivity index (χ0) is 10.4. The smallest absolute Gasteiger partial charge is 0.317 e. The molecule has 1 rings (SSSR count). The maximum atomic E-state index is 11.7. The highest BCUT2D eigenvalue weighted by Crippen LogP contribution is 2.09. The molecule has 0 spiro atoms. The average Bonchev–Trinajstić information content (AvgIpc) is 2.67. The number of nitrogens with zero attached hydrogens (tertiary/aromatic N) is 1. The van der Waals surface area contributed by atoms with Crippen LogP contribution in [0.25, 0.3) is 0 Å². The lowest BCUT2D eigenvalue weighted by Gasteiger charge is -2.28. The SMILES string of the molecule is CCCN(C(=O)NCC)C1CCNC1. The zero-order valence-electron chi connectivity index (χ0n) is 9.18. The number of hydrogen-bond acceptors (Lipinski definition) is 2. The molecule has 1 atom stereocenters. The molecule has 2 N–H and O–H groups in total. The van der Waals surface area contributed by atoms with Crippen molar-refractivity contribution in [2.45, 2.75) is 32.7 Å². The summed E-state index contributed by atoms with van der Waals surface area (Å²) in [5, 5.41) is 6.15. The molecule has 1 fully saturated rings. The van der Waals surface area contributed by atoms with E-state index in [9.17, 15) is 4.79 Å². The molecule has 1 aliphatic heterocycles. The fourth-order valence-electron chi connectivity index (χ4n) is 1.85. The Morgan fingerprint density at radius 2 is 2.36 bits per heavy atom. The van der Waals surface area contributed by atoms with Crippen LogP contribution in [0.1, 0.15) is 26.7 Å². The second-order valence-electron chi connectivity index (χ2n) is 3.68. The number of rotatable bonds is 4. The number of urea groups is 1. The normalized spacial score (nSPS) is 20.9. The van der Waals surface area contributed by atoms with Gasteiger partial charge in [0, 0.05) is 25.7 Å². The highest BCUT2D eigenvalue weighted by atomic mass is 16.2. The van der Waals surface area contributed by atoms with Crippen molar-refractivity contribution in [2.75, 3.05) is 26.2 Å². The fourth-order valence-corrected chi connectivity index (χ4v) is 1.85. The third kappa shape index (κ3) is 2.87. The fraction of sp³-hybridized carbons (Fsp3) is 0.900. The number of amides is 2. The molecule has 4 nitrogen and oxygen atoms in total. The van der Waals surface area contributed by atoms with Crippen LogP contribution in [-0.4, -0.2) is 43.2 Å². The van der Waals surface area contributed by atoms with Crippen LogP contribution >= 0.6 is 0 Å². The minimum absolute atomic E-state index is 0.0862. The van der Waals surface area contributed by atoms with E-state index in [-0.39, 0.29) is 6.03 Å². The topological polar surface area (TPSA) is 44.4 Å². The highest BCUT2D eigenvalue weighted by Gasteiger charge is 2.25. The van der Waals surface area contributed by atoms with Crippen LogP contribution in [0.2, 0.25) is 0 Å². The van der Waals surface area contributed by atoms with Gasteiger partial charge in [-0.25, -0.2) is 4.79 Å². The highest BCUT2D eigenvalue weighted by molar-refractivity contribution is 5.74. The lowest BCUT2D eigenvalue weighted by molar-refractivity contribution is 0.179. The van der Waals surface area contributed by atoms with Gasteiger partial charge >= 0.3 is 6.03 Å². The summed E-state index contributed by atoms with van der Waals surface area (Å²) in [6.07, 6.45) is 2.10. The standard InChI is InChI=1S/C10H21N3O/c1-3-7-13(10(14)12-4-2)9-5-6-11-8-9/h9,11H,3-8H2,1-2H3,(H,12,14). The second-order valence-corrected chi connectivity index (χ2v) is 3.68. The van der Waals surface area contributed by atoms with E-state index < -0.39 is 0 Å². The largest absolute Gasteiger partial charge is 0.338 e. The van der Waals surface area contributed by atoms with Crippen molar-refractivity contribution in [1.82, 2.24) is 15.5 Å². The van der Waals surface area contributed by atoms with E-state index in [1.807, 2.05) is 11.8 Å². The Balaban J connectivity index is 2.48. The molecule has 0 saturated carbocycles. The molecule has 82 valence electrons. The maximum absolute atomic E-state index is 11.7. The van der Waals surface area contributed by atoms with Gasteiger partial charge in [0.05, 0.1) is 0 Å². The second kappa shape index (κ2) is 5.86. The third-order valence-electron chi connectivity index (χ3n) is 2.53. The minimum atomic E-state index is 0.0862. The molecule has 1 saturated heterocycles. The molecule has 14 heavy (non-hydrogen) atoms. The Kier molecular flexibility index (Phi) is 4.73. The lowest BCUT2D eigenvalue weighted by Crippen LogP contribution is -2.47. The number of hydrogen-bond donors (Lipinski definition) is 2. The van der Waals surface area contributed by atoms with Crippen LogP contribution in [-0.2, 0) is 0 Å². The number of nitrogens with one attached hydrogen (secondary N) is 2. The Morgan fingerprint density at radius 3 is 2.86 bits per heavy atom. The number of carbonyl (C=O) groups excluding carboxylic acids is 1. The summed E-state index contributed by atoms with van der Waals surface area (Å²) in [6, 6.07) is 0.476. The van der Waals surface area contributed by atoms with Crippen molar-refractivity contribution in [3.63, 3.8) is 0 Å². The van der Waals surface area contributed by atoms with Gasteiger partial charge in [-0.2, -0.15) is 0 Å². The van der Waals surface area contributed by atoms with Crippen LogP contribution in [0.5, 0.6) is 0 Å². The van der Waals surface area contributed by atoms with E-state index in [0.29, 0.717) is 12.6 Å². The molecule has 0 radical (unpaired) electrons. The van der Waals surface area contributed by atoms with Gasteiger partial charge in [-0.3, -0.25) is 0 Å². The first-order valence-electron chi connectivity index (χ1n) is 5.54. The van der Waals surface area contributed by atoms with Gasteiger partial charge in [0.25, 0.3) is 0 Å². The summed E-state index contributed by atoms with van der Waals surface area (Å²) in [4.78, 5) is 13.7. The van der Waals surface area contributed by atoms with E-state index >= 15 is 0 Å². The van der Waals surface area contributed by atoms with Crippen molar-refractivity contribution in [2.24, 2.45) is 0 Å². The van der Waals surface area contributed by atoms with Crippen LogP contribution in [0, 0.1) is 0 Å². The van der Waals surface area contributed by atoms with Gasteiger partial charge in [0.2, 0.25) is 0 Å². The van der Waals surface area contributed by atoms with E-state index in [0.717, 1.165) is 32.5 Å². The van der Waals surface area contributed by atoms with Crippen molar-refractivity contribution in [3.05, 3.63) is 0 Å². The molecule has 1 unspecified atom stereocenters. The van der Waals surface area contributed by atoms with Crippen molar-refractivity contribution in [1.29, 1.82) is 0 Å². The summed E-state index contributed by atoms with van der Waals surface area (Å²) >= 11 is 0. The Bertz CT molecular complexity index is 178. The van der Waals surface area contributed by atoms with Gasteiger partial charge in [0.1, 0.15) is 0 Å². The van der Waals surface area contributed by atoms with Crippen molar-refractivity contribution < 1.29 is 4.79 Å². The molecule has 0 aliphatic carbocycles. The average molecular weight is 199 g/mol. The van der Waals surface area contributed by atoms with Gasteiger partial charge < -0.3 is 15.5 Å². The molecule has 0 aromatic heterocycles. The van der Waals surface area contributed by atoms with Crippen molar-refractivity contribution >= 4 is 6.03 Å². The first-order valence-corrected chi connectivity index (χ1v) is 5.54. The molecule has 4 heteroatoms. The van der Waals surface area contributed by atoms with Gasteiger partial charge in [0.15, 0.2) is 0 Å². The predicted molar refractivity (Wildman–Crippen MR) is 57.3 cm³/mol. The van der Waals surface area contributed by atoms with Crippen LogP contribution < -0.4 is 10.6 Å². The quantitative estimate of drug-likeness (QED) is 0.703. The maximum Gasteiger partial charge on any atom is 0.317 e.